The molecule has 122 valence electrons. The minimum atomic E-state index is -0.587. The van der Waals surface area contributed by atoms with Crippen molar-refractivity contribution in [3.8, 4) is 5.75 Å². The Labute approximate surface area is 130 Å². The first kappa shape index (κ1) is 16.7. The topological polar surface area (TPSA) is 79.2 Å². The molecule has 1 aromatic carbocycles. The van der Waals surface area contributed by atoms with Crippen LogP contribution in [-0.2, 0) is 4.74 Å². The molecule has 1 saturated heterocycles. The van der Waals surface area contributed by atoms with E-state index >= 15 is 0 Å². The van der Waals surface area contributed by atoms with Gasteiger partial charge in [-0.3, -0.25) is 0 Å². The average molecular weight is 309 g/mol. The van der Waals surface area contributed by atoms with Gasteiger partial charge in [-0.25, -0.2) is 4.79 Å². The quantitative estimate of drug-likeness (QED) is 0.752. The minimum absolute atomic E-state index is 0.191. The lowest BCUT2D eigenvalue weighted by molar-refractivity contribution is 0.0337. The standard InChI is InChI=1S/C16H23NO5/c1-21-16(20)12-2-4-15(5-3-12)22-11-14(19)10-17-8-6-13(18)7-9-17/h2-5,13-14,18-19H,6-11H2,1H3/t14-/m1/s1. The summed E-state index contributed by atoms with van der Waals surface area (Å²) in [6, 6.07) is 6.60. The first-order valence-corrected chi connectivity index (χ1v) is 7.48. The van der Waals surface area contributed by atoms with Gasteiger partial charge in [0.1, 0.15) is 18.5 Å². The molecule has 1 aromatic rings. The van der Waals surface area contributed by atoms with E-state index in [1.54, 1.807) is 24.3 Å². The van der Waals surface area contributed by atoms with Crippen LogP contribution in [-0.4, -0.2) is 66.6 Å². The van der Waals surface area contributed by atoms with Gasteiger partial charge in [-0.15, -0.1) is 0 Å². The SMILES string of the molecule is COC(=O)c1ccc(OC[C@H](O)CN2CCC(O)CC2)cc1. The number of β-amino-alcohol motifs (C(OH)–C–C–N with tert-alkyl or cyclic N) is 1. The third kappa shape index (κ3) is 4.98. The average Bonchev–Trinajstić information content (AvgIpc) is 2.55. The fourth-order valence-corrected chi connectivity index (χ4v) is 2.45. The van der Waals surface area contributed by atoms with Crippen molar-refractivity contribution in [1.82, 2.24) is 4.90 Å². The van der Waals surface area contributed by atoms with Gasteiger partial charge in [0, 0.05) is 19.6 Å². The fraction of sp³-hybridized carbons (Fsp3) is 0.562. The van der Waals surface area contributed by atoms with Crippen molar-refractivity contribution in [2.24, 2.45) is 0 Å². The number of nitrogens with zero attached hydrogens (tertiary/aromatic N) is 1. The minimum Gasteiger partial charge on any atom is -0.491 e. The van der Waals surface area contributed by atoms with Gasteiger partial charge in [0.25, 0.3) is 0 Å². The maximum absolute atomic E-state index is 11.3. The highest BCUT2D eigenvalue weighted by molar-refractivity contribution is 5.89. The van der Waals surface area contributed by atoms with Crippen LogP contribution in [0.1, 0.15) is 23.2 Å². The monoisotopic (exact) mass is 309 g/mol. The van der Waals surface area contributed by atoms with E-state index in [-0.39, 0.29) is 18.7 Å². The molecular weight excluding hydrogens is 286 g/mol. The van der Waals surface area contributed by atoms with E-state index in [4.69, 9.17) is 4.74 Å². The van der Waals surface area contributed by atoms with Gasteiger partial charge in [0.15, 0.2) is 0 Å². The summed E-state index contributed by atoms with van der Waals surface area (Å²) in [5.41, 5.74) is 0.460. The highest BCUT2D eigenvalue weighted by Crippen LogP contribution is 2.14. The Morgan fingerprint density at radius 1 is 1.32 bits per heavy atom. The van der Waals surface area contributed by atoms with Crippen molar-refractivity contribution in [3.63, 3.8) is 0 Å². The molecule has 0 bridgehead atoms. The number of aliphatic hydroxyl groups is 2. The molecule has 22 heavy (non-hydrogen) atoms. The van der Waals surface area contributed by atoms with Crippen molar-refractivity contribution in [3.05, 3.63) is 29.8 Å². The molecule has 0 aliphatic carbocycles. The number of ether oxygens (including phenoxy) is 2. The zero-order chi connectivity index (χ0) is 15.9. The van der Waals surface area contributed by atoms with Crippen LogP contribution in [0.5, 0.6) is 5.75 Å². The molecule has 0 saturated carbocycles. The number of rotatable bonds is 6. The molecule has 6 heteroatoms. The van der Waals surface area contributed by atoms with E-state index in [0.717, 1.165) is 25.9 Å². The summed E-state index contributed by atoms with van der Waals surface area (Å²) in [6.45, 7) is 2.32. The Morgan fingerprint density at radius 2 is 1.95 bits per heavy atom. The number of likely N-dealkylation sites (tertiary alicyclic amines) is 1. The summed E-state index contributed by atoms with van der Waals surface area (Å²) < 4.78 is 10.1. The van der Waals surface area contributed by atoms with Crippen molar-refractivity contribution in [1.29, 1.82) is 0 Å². The normalized spacial score (nSPS) is 18.0. The van der Waals surface area contributed by atoms with Crippen LogP contribution in [0.2, 0.25) is 0 Å². The van der Waals surface area contributed by atoms with Crippen molar-refractivity contribution >= 4 is 5.97 Å². The summed E-state index contributed by atoms with van der Waals surface area (Å²) in [4.78, 5) is 13.4. The summed E-state index contributed by atoms with van der Waals surface area (Å²) in [7, 11) is 1.34. The summed E-state index contributed by atoms with van der Waals surface area (Å²) in [5.74, 6) is 0.208. The number of carbonyl (C=O) groups is 1. The maximum Gasteiger partial charge on any atom is 0.337 e. The predicted octanol–water partition coefficient (Wildman–Crippen LogP) is 0.670. The van der Waals surface area contributed by atoms with E-state index in [0.29, 0.717) is 17.9 Å². The van der Waals surface area contributed by atoms with Gasteiger partial charge in [0.05, 0.1) is 18.8 Å². The number of hydrogen-bond donors (Lipinski definition) is 2. The highest BCUT2D eigenvalue weighted by atomic mass is 16.5. The zero-order valence-corrected chi connectivity index (χ0v) is 12.8. The smallest absolute Gasteiger partial charge is 0.337 e. The molecule has 1 fully saturated rings. The van der Waals surface area contributed by atoms with Gasteiger partial charge < -0.3 is 24.6 Å². The maximum atomic E-state index is 11.3. The Morgan fingerprint density at radius 3 is 2.55 bits per heavy atom. The van der Waals surface area contributed by atoms with Gasteiger partial charge in [-0.2, -0.15) is 0 Å². The van der Waals surface area contributed by atoms with Gasteiger partial charge in [-0.05, 0) is 37.1 Å². The fourth-order valence-electron chi connectivity index (χ4n) is 2.45. The molecule has 2 rings (SSSR count). The molecule has 1 aliphatic rings. The third-order valence-electron chi connectivity index (χ3n) is 3.74. The molecule has 0 amide bonds. The van der Waals surface area contributed by atoms with E-state index in [9.17, 15) is 15.0 Å². The molecule has 6 nitrogen and oxygen atoms in total. The molecule has 0 radical (unpaired) electrons. The van der Waals surface area contributed by atoms with Gasteiger partial charge in [-0.1, -0.05) is 0 Å². The molecule has 1 heterocycles. The van der Waals surface area contributed by atoms with Gasteiger partial charge >= 0.3 is 5.97 Å². The molecule has 1 aliphatic heterocycles. The first-order chi connectivity index (χ1) is 10.6. The Balaban J connectivity index is 1.74. The number of carbonyl (C=O) groups excluding carboxylic acids is 1. The van der Waals surface area contributed by atoms with E-state index in [1.807, 2.05) is 0 Å². The second-order valence-corrected chi connectivity index (χ2v) is 5.51. The summed E-state index contributed by atoms with van der Waals surface area (Å²) in [5, 5.41) is 19.5. The van der Waals surface area contributed by atoms with Crippen LogP contribution in [0.25, 0.3) is 0 Å². The predicted molar refractivity (Wildman–Crippen MR) is 81.0 cm³/mol. The van der Waals surface area contributed by atoms with Crippen LogP contribution < -0.4 is 4.74 Å². The Hall–Kier alpha value is -1.63. The Bertz CT molecular complexity index is 468. The molecule has 2 N–H and O–H groups in total. The molecule has 0 aromatic heterocycles. The number of hydrogen-bond acceptors (Lipinski definition) is 6. The second kappa shape index (κ2) is 8.12. The number of esters is 1. The molecule has 0 spiro atoms. The van der Waals surface area contributed by atoms with E-state index in [1.165, 1.54) is 7.11 Å². The van der Waals surface area contributed by atoms with Crippen molar-refractivity contribution < 1.29 is 24.5 Å². The molecule has 1 atom stereocenters. The lowest BCUT2D eigenvalue weighted by atomic mass is 10.1. The van der Waals surface area contributed by atoms with Crippen LogP contribution in [0.15, 0.2) is 24.3 Å². The van der Waals surface area contributed by atoms with E-state index in [2.05, 4.69) is 9.64 Å². The highest BCUT2D eigenvalue weighted by Gasteiger charge is 2.19. The number of aliphatic hydroxyl groups excluding tert-OH is 2. The Kier molecular flexibility index (Phi) is 6.18. The zero-order valence-electron chi connectivity index (χ0n) is 12.8. The lowest BCUT2D eigenvalue weighted by Gasteiger charge is -2.30. The number of benzene rings is 1. The van der Waals surface area contributed by atoms with Gasteiger partial charge in [0.2, 0.25) is 0 Å². The van der Waals surface area contributed by atoms with Crippen molar-refractivity contribution in [2.45, 2.75) is 25.0 Å². The van der Waals surface area contributed by atoms with Crippen LogP contribution in [0, 0.1) is 0 Å². The summed E-state index contributed by atoms with van der Waals surface area (Å²) in [6.07, 6.45) is 0.707. The van der Waals surface area contributed by atoms with Crippen LogP contribution >= 0.6 is 0 Å². The largest absolute Gasteiger partial charge is 0.491 e. The molecule has 0 unspecified atom stereocenters. The van der Waals surface area contributed by atoms with Crippen LogP contribution in [0.4, 0.5) is 0 Å². The first-order valence-electron chi connectivity index (χ1n) is 7.48. The number of methoxy groups -OCH3 is 1. The van der Waals surface area contributed by atoms with Crippen LogP contribution in [0.3, 0.4) is 0 Å². The lowest BCUT2D eigenvalue weighted by Crippen LogP contribution is -2.41. The van der Waals surface area contributed by atoms with Crippen molar-refractivity contribution in [2.75, 3.05) is 33.4 Å². The second-order valence-electron chi connectivity index (χ2n) is 5.51. The number of piperidine rings is 1. The molecular formula is C16H23NO5. The third-order valence-corrected chi connectivity index (χ3v) is 3.74. The summed E-state index contributed by atoms with van der Waals surface area (Å²) >= 11 is 0. The van der Waals surface area contributed by atoms with E-state index < -0.39 is 6.10 Å².